The number of hydrogen-bond acceptors (Lipinski definition) is 3. The van der Waals surface area contributed by atoms with Crippen molar-refractivity contribution >= 4 is 5.78 Å². The van der Waals surface area contributed by atoms with Crippen molar-refractivity contribution in [3.63, 3.8) is 0 Å². The van der Waals surface area contributed by atoms with Gasteiger partial charge in [-0.2, -0.15) is 14.0 Å². The van der Waals surface area contributed by atoms with Crippen molar-refractivity contribution < 1.29 is 18.3 Å². The zero-order valence-corrected chi connectivity index (χ0v) is 8.32. The van der Waals surface area contributed by atoms with E-state index in [2.05, 4.69) is 4.74 Å². The first-order chi connectivity index (χ1) is 7.63. The zero-order valence-electron chi connectivity index (χ0n) is 8.32. The summed E-state index contributed by atoms with van der Waals surface area (Å²) in [7, 11) is 0. The highest BCUT2D eigenvalue weighted by molar-refractivity contribution is 5.96. The molecule has 1 aromatic rings. The molecule has 0 heterocycles. The number of Topliss-reactive ketones (excluding diaryl/α,β-unsaturated/α-hetero) is 1. The topological polar surface area (TPSA) is 50.1 Å². The van der Waals surface area contributed by atoms with Gasteiger partial charge in [0.25, 0.3) is 0 Å². The van der Waals surface area contributed by atoms with Gasteiger partial charge in [-0.3, -0.25) is 4.79 Å². The molecule has 0 fully saturated rings. The molecule has 1 rings (SSSR count). The van der Waals surface area contributed by atoms with E-state index in [1.54, 1.807) is 0 Å². The van der Waals surface area contributed by atoms with Crippen LogP contribution in [0.3, 0.4) is 0 Å². The van der Waals surface area contributed by atoms with Crippen molar-refractivity contribution in [3.8, 4) is 11.8 Å². The van der Waals surface area contributed by atoms with Crippen molar-refractivity contribution in [1.82, 2.24) is 0 Å². The fourth-order valence-corrected chi connectivity index (χ4v) is 1.14. The minimum absolute atomic E-state index is 0.00633. The molecule has 16 heavy (non-hydrogen) atoms. The van der Waals surface area contributed by atoms with E-state index in [0.29, 0.717) is 5.56 Å². The number of halogens is 2. The first kappa shape index (κ1) is 12.1. The molecule has 1 aromatic carbocycles. The van der Waals surface area contributed by atoms with Crippen molar-refractivity contribution in [2.75, 3.05) is 0 Å². The lowest BCUT2D eigenvalue weighted by atomic mass is 10.1. The Hall–Kier alpha value is -1.96. The van der Waals surface area contributed by atoms with Crippen LogP contribution < -0.4 is 4.74 Å². The average molecular weight is 225 g/mol. The SMILES string of the molecule is N#CCCC(=O)c1ccc(OC(F)F)cc1. The average Bonchev–Trinajstić information content (AvgIpc) is 2.26. The summed E-state index contributed by atoms with van der Waals surface area (Å²) in [4.78, 5) is 11.4. The summed E-state index contributed by atoms with van der Waals surface area (Å²) in [6, 6.07) is 7.26. The molecule has 0 N–H and O–H groups in total. The summed E-state index contributed by atoms with van der Waals surface area (Å²) in [6.45, 7) is -2.87. The summed E-state index contributed by atoms with van der Waals surface area (Å²) in [6.07, 6.45) is 0.277. The first-order valence-corrected chi connectivity index (χ1v) is 4.58. The van der Waals surface area contributed by atoms with E-state index in [-0.39, 0.29) is 24.4 Å². The fourth-order valence-electron chi connectivity index (χ4n) is 1.14. The smallest absolute Gasteiger partial charge is 0.387 e. The third-order valence-corrected chi connectivity index (χ3v) is 1.87. The van der Waals surface area contributed by atoms with Gasteiger partial charge in [0.1, 0.15) is 5.75 Å². The van der Waals surface area contributed by atoms with Crippen molar-refractivity contribution in [2.45, 2.75) is 19.5 Å². The number of hydrogen-bond donors (Lipinski definition) is 0. The maximum Gasteiger partial charge on any atom is 0.387 e. The number of alkyl halides is 2. The molecule has 0 aliphatic heterocycles. The number of rotatable bonds is 5. The molecule has 0 saturated carbocycles. The predicted molar refractivity (Wildman–Crippen MR) is 52.3 cm³/mol. The molecule has 3 nitrogen and oxygen atoms in total. The lowest BCUT2D eigenvalue weighted by molar-refractivity contribution is -0.0498. The molecule has 5 heteroatoms. The van der Waals surface area contributed by atoms with Crippen LogP contribution in [0.25, 0.3) is 0 Å². The minimum atomic E-state index is -2.87. The summed E-state index contributed by atoms with van der Waals surface area (Å²) < 4.78 is 27.8. The van der Waals surface area contributed by atoms with E-state index in [4.69, 9.17) is 5.26 Å². The Morgan fingerprint density at radius 1 is 1.38 bits per heavy atom. The highest BCUT2D eigenvalue weighted by atomic mass is 19.3. The molecule has 0 bridgehead atoms. The maximum atomic E-state index is 11.8. The predicted octanol–water partition coefficient (Wildman–Crippen LogP) is 2.77. The molecule has 0 aliphatic rings. The molecule has 0 atom stereocenters. The fraction of sp³-hybridized carbons (Fsp3) is 0.273. The van der Waals surface area contributed by atoms with Gasteiger partial charge in [-0.15, -0.1) is 0 Å². The number of carbonyl (C=O) groups excluding carboxylic acids is 1. The maximum absolute atomic E-state index is 11.8. The van der Waals surface area contributed by atoms with Gasteiger partial charge in [0.05, 0.1) is 6.07 Å². The molecule has 0 unspecified atom stereocenters. The van der Waals surface area contributed by atoms with E-state index < -0.39 is 6.61 Å². The first-order valence-electron chi connectivity index (χ1n) is 4.58. The van der Waals surface area contributed by atoms with E-state index in [0.717, 1.165) is 0 Å². The van der Waals surface area contributed by atoms with Crippen molar-refractivity contribution in [2.24, 2.45) is 0 Å². The van der Waals surface area contributed by atoms with Gasteiger partial charge in [0.2, 0.25) is 0 Å². The van der Waals surface area contributed by atoms with Gasteiger partial charge in [-0.05, 0) is 24.3 Å². The molecule has 0 aromatic heterocycles. The van der Waals surface area contributed by atoms with Crippen LogP contribution >= 0.6 is 0 Å². The van der Waals surface area contributed by atoms with E-state index >= 15 is 0 Å². The molecule has 0 saturated heterocycles. The second-order valence-electron chi connectivity index (χ2n) is 2.98. The van der Waals surface area contributed by atoms with Gasteiger partial charge in [-0.1, -0.05) is 0 Å². The summed E-state index contributed by atoms with van der Waals surface area (Å²) in [5.74, 6) is -0.183. The van der Waals surface area contributed by atoms with Crippen LogP contribution in [0.2, 0.25) is 0 Å². The Bertz CT molecular complexity index is 395. The second kappa shape index (κ2) is 5.81. The van der Waals surface area contributed by atoms with Crippen molar-refractivity contribution in [3.05, 3.63) is 29.8 Å². The molecule has 0 aliphatic carbocycles. The van der Waals surface area contributed by atoms with Gasteiger partial charge in [0.15, 0.2) is 5.78 Å². The number of nitriles is 1. The number of ether oxygens (including phenoxy) is 1. The highest BCUT2D eigenvalue weighted by Crippen LogP contribution is 2.16. The lowest BCUT2D eigenvalue weighted by Gasteiger charge is -2.04. The summed E-state index contributed by atoms with van der Waals surface area (Å²) in [5, 5.41) is 8.30. The number of benzene rings is 1. The second-order valence-corrected chi connectivity index (χ2v) is 2.98. The van der Waals surface area contributed by atoms with Gasteiger partial charge in [-0.25, -0.2) is 0 Å². The third kappa shape index (κ3) is 3.65. The Kier molecular flexibility index (Phi) is 4.40. The van der Waals surface area contributed by atoms with Crippen LogP contribution in [0.5, 0.6) is 5.75 Å². The standard InChI is InChI=1S/C11H9F2NO2/c12-11(13)16-9-5-3-8(4-6-9)10(15)2-1-7-14/h3-6,11H,1-2H2. The van der Waals surface area contributed by atoms with Crippen LogP contribution in [0, 0.1) is 11.3 Å². The van der Waals surface area contributed by atoms with Gasteiger partial charge >= 0.3 is 6.61 Å². The Morgan fingerprint density at radius 3 is 2.50 bits per heavy atom. The normalized spacial score (nSPS) is 9.88. The van der Waals surface area contributed by atoms with Crippen LogP contribution in [0.4, 0.5) is 8.78 Å². The lowest BCUT2D eigenvalue weighted by Crippen LogP contribution is -2.03. The van der Waals surface area contributed by atoms with Crippen LogP contribution in [-0.2, 0) is 0 Å². The van der Waals surface area contributed by atoms with Gasteiger partial charge in [0, 0.05) is 18.4 Å². The number of ketones is 1. The van der Waals surface area contributed by atoms with Crippen LogP contribution in [0.1, 0.15) is 23.2 Å². The monoisotopic (exact) mass is 225 g/mol. The number of carbonyl (C=O) groups is 1. The molecule has 0 spiro atoms. The van der Waals surface area contributed by atoms with Crippen LogP contribution in [0.15, 0.2) is 24.3 Å². The molecular weight excluding hydrogens is 216 g/mol. The van der Waals surface area contributed by atoms with Gasteiger partial charge < -0.3 is 4.74 Å². The largest absolute Gasteiger partial charge is 0.435 e. The Balaban J connectivity index is 2.64. The Morgan fingerprint density at radius 2 is 2.00 bits per heavy atom. The molecule has 84 valence electrons. The minimum Gasteiger partial charge on any atom is -0.435 e. The van der Waals surface area contributed by atoms with E-state index in [1.165, 1.54) is 24.3 Å². The van der Waals surface area contributed by atoms with E-state index in [9.17, 15) is 13.6 Å². The van der Waals surface area contributed by atoms with Crippen LogP contribution in [-0.4, -0.2) is 12.4 Å². The summed E-state index contributed by atoms with van der Waals surface area (Å²) >= 11 is 0. The number of nitrogens with zero attached hydrogens (tertiary/aromatic N) is 1. The quantitative estimate of drug-likeness (QED) is 0.724. The van der Waals surface area contributed by atoms with E-state index in [1.807, 2.05) is 6.07 Å². The zero-order chi connectivity index (χ0) is 12.0. The molecule has 0 radical (unpaired) electrons. The molecule has 0 amide bonds. The van der Waals surface area contributed by atoms with Crippen molar-refractivity contribution in [1.29, 1.82) is 5.26 Å². The molecular formula is C11H9F2NO2. The highest BCUT2D eigenvalue weighted by Gasteiger charge is 2.07. The summed E-state index contributed by atoms with van der Waals surface area (Å²) in [5.41, 5.74) is 0.386. The Labute approximate surface area is 91.3 Å². The third-order valence-electron chi connectivity index (χ3n) is 1.87.